The number of amides is 1. The molecule has 2 unspecified atom stereocenters. The van der Waals surface area contributed by atoms with Gasteiger partial charge < -0.3 is 93.6 Å². The van der Waals surface area contributed by atoms with E-state index in [1.54, 1.807) is 57.6 Å². The number of carboxylic acid groups (broad SMARTS) is 12. The molecule has 0 radical (unpaired) electrons. The number of pyridine rings is 1. The van der Waals surface area contributed by atoms with Crippen molar-refractivity contribution < 1.29 is 151 Å². The van der Waals surface area contributed by atoms with Crippen LogP contribution < -0.4 is 5.32 Å². The summed E-state index contributed by atoms with van der Waals surface area (Å²) in [6.45, 7) is 7.41. The van der Waals surface area contributed by atoms with Crippen LogP contribution >= 0.6 is 22.9 Å². The number of ether oxygens (including phenoxy) is 1. The van der Waals surface area contributed by atoms with E-state index in [0.717, 1.165) is 23.6 Å². The van der Waals surface area contributed by atoms with Gasteiger partial charge in [0.25, 0.3) is 0 Å². The zero-order valence-electron chi connectivity index (χ0n) is 54.4. The SMILES string of the molecule is Cc1cc(C(=O)O)c(C)o1.Cc1cc(C(=O)O)nn1C.Cc1cc(C(=O)O)no1.O=C(O)C1CCCO1.O=C(O)c1cccnc1.O=C(O)c1ccco1.O=C(O)c1ccno1.O=C(O)c1ccoc1.O=C(O)c1ccsc1.O=C(O)c1cnccn1.O=C(O)c1csnn1.O=C1CCC(C(=O)O)N1. The number of carboxylic acids is 12. The first kappa shape index (κ1) is 88.0. The molecule has 1 amide bonds. The van der Waals surface area contributed by atoms with E-state index >= 15 is 0 Å². The lowest BCUT2D eigenvalue weighted by atomic mass is 10.2. The second-order valence-electron chi connectivity index (χ2n) is 18.8. The van der Waals surface area contributed by atoms with E-state index in [1.807, 2.05) is 0 Å². The second kappa shape index (κ2) is 47.9. The fraction of sp³-hybridized carbons (Fsp3) is 0.197. The normalized spacial score (nSPS) is 12.1. The summed E-state index contributed by atoms with van der Waals surface area (Å²) >= 11 is 2.41. The zero-order valence-corrected chi connectivity index (χ0v) is 56.0. The van der Waals surface area contributed by atoms with Gasteiger partial charge >= 0.3 is 71.6 Å². The molecule has 0 aromatic carbocycles. The molecule has 2 aliphatic rings. The van der Waals surface area contributed by atoms with Crippen molar-refractivity contribution >= 4 is 100 Å². The molecule has 13 N–H and O–H groups in total. The van der Waals surface area contributed by atoms with Gasteiger partial charge in [0.15, 0.2) is 28.9 Å². The minimum absolute atomic E-state index is 0.00926. The molecule has 10 aromatic rings. The molecule has 0 bridgehead atoms. The van der Waals surface area contributed by atoms with E-state index < -0.39 is 83.8 Å². The summed E-state index contributed by atoms with van der Waals surface area (Å²) in [5.41, 5.74) is 1.90. The lowest BCUT2D eigenvalue weighted by Gasteiger charge is -1.99. The Morgan fingerprint density at radius 1 is 0.567 bits per heavy atom. The van der Waals surface area contributed by atoms with Crippen LogP contribution in [0.3, 0.4) is 0 Å². The number of hydrogen-bond donors (Lipinski definition) is 13. The van der Waals surface area contributed by atoms with Crippen LogP contribution in [0.25, 0.3) is 0 Å². The van der Waals surface area contributed by atoms with Gasteiger partial charge in [-0.25, -0.2) is 62.5 Å². The van der Waals surface area contributed by atoms with Crippen LogP contribution in [0.15, 0.2) is 155 Å². The molecule has 12 heterocycles. The molecule has 12 rings (SSSR count). The Hall–Kier alpha value is -14.0. The molecule has 0 aliphatic carbocycles. The largest absolute Gasteiger partial charge is 0.480 e. The number of aryl methyl sites for hydroxylation is 5. The molecule has 43 heteroatoms. The molecule has 104 heavy (non-hydrogen) atoms. The highest BCUT2D eigenvalue weighted by molar-refractivity contribution is 7.08. The quantitative estimate of drug-likeness (QED) is 0.0572. The minimum Gasteiger partial charge on any atom is -0.480 e. The van der Waals surface area contributed by atoms with Crippen molar-refractivity contribution in [2.75, 3.05) is 6.61 Å². The average Bonchev–Trinajstić information content (AvgIpc) is 1.74. The Bertz CT molecular complexity index is 3940. The maximum absolute atomic E-state index is 10.4. The Morgan fingerprint density at radius 3 is 1.46 bits per heavy atom. The highest BCUT2D eigenvalue weighted by atomic mass is 32.1. The summed E-state index contributed by atoms with van der Waals surface area (Å²) in [6, 6.07) is 14.0. The number of aromatic nitrogens is 9. The van der Waals surface area contributed by atoms with Crippen molar-refractivity contribution in [1.29, 1.82) is 0 Å². The van der Waals surface area contributed by atoms with E-state index in [2.05, 4.69) is 63.1 Å². The second-order valence-corrected chi connectivity index (χ2v) is 20.2. The molecule has 2 atom stereocenters. The molecule has 2 fully saturated rings. The van der Waals surface area contributed by atoms with E-state index in [-0.39, 0.29) is 56.9 Å². The predicted molar refractivity (Wildman–Crippen MR) is 347 cm³/mol. The molecular formula is C61H62N10O31S2. The fourth-order valence-corrected chi connectivity index (χ4v) is 7.26. The standard InChI is InChI=1S/C7H8O3.C6H8N2O2.C6H5NO2.C5H4N2O2.C5H5NO3.C5H7NO3.C5H4O3.C5H8O3.C5H4O3.C5H4O2S.C4H3NO3.C3H2N2O2S/c1-4-3-6(7(8)9)5(2)10-4;1-4-3-5(6(9)10)7-8(4)2;8-6(9)5-2-1-3-7-4-5;8-5(9)4-3-6-1-2-7-4;1-3-2-4(5(7)8)6-9-3;7-4-2-1-3(6-4)5(8)9;6-5(7)4-1-2-8-3-4;2*6-5(7)4-2-1-3-8-4;6-5(7)4-1-2-8-3-4;6-4(7)3-1-2-5-8-3;6-3(7)2-1-8-5-4-2/h3H,1-2H3,(H,8,9);3H,1-2H3,(H,9,10);1-4H,(H,8,9);1-3H,(H,8,9);2H,1H3,(H,7,8);3H,1-2H2,(H,6,7)(H,8,9);1-3H,(H,6,7);4H,1-3H2,(H,6,7);2*1-3H,(H,6,7);1-2H,(H,6,7);1H,(H,6,7). The molecular weight excluding hydrogens is 1430 g/mol. The van der Waals surface area contributed by atoms with Crippen molar-refractivity contribution in [3.05, 3.63) is 212 Å². The summed E-state index contributed by atoms with van der Waals surface area (Å²) in [4.78, 5) is 142. The summed E-state index contributed by atoms with van der Waals surface area (Å²) in [5.74, 6) is -10.4. The van der Waals surface area contributed by atoms with Crippen LogP contribution in [0.2, 0.25) is 0 Å². The third-order valence-corrected chi connectivity index (χ3v) is 12.3. The summed E-state index contributed by atoms with van der Waals surface area (Å²) in [7, 11) is 1.71. The number of aliphatic carboxylic acids is 2. The van der Waals surface area contributed by atoms with Crippen molar-refractivity contribution in [2.45, 2.75) is 65.5 Å². The van der Waals surface area contributed by atoms with Crippen molar-refractivity contribution in [3.63, 3.8) is 0 Å². The number of carbonyl (C=O) groups is 13. The minimum atomic E-state index is -1.09. The number of thiophene rings is 1. The third kappa shape index (κ3) is 37.1. The lowest BCUT2D eigenvalue weighted by Crippen LogP contribution is -2.32. The number of nitrogens with one attached hydrogen (secondary N) is 1. The monoisotopic (exact) mass is 1490 g/mol. The third-order valence-electron chi connectivity index (χ3n) is 11.1. The van der Waals surface area contributed by atoms with Crippen LogP contribution in [0.4, 0.5) is 0 Å². The van der Waals surface area contributed by atoms with Gasteiger partial charge in [0.2, 0.25) is 17.4 Å². The zero-order chi connectivity index (χ0) is 78.4. The van der Waals surface area contributed by atoms with Crippen LogP contribution in [0, 0.1) is 27.7 Å². The number of furan rings is 3. The molecule has 41 nitrogen and oxygen atoms in total. The van der Waals surface area contributed by atoms with Crippen molar-refractivity contribution in [3.8, 4) is 0 Å². The highest BCUT2D eigenvalue weighted by Gasteiger charge is 2.26. The van der Waals surface area contributed by atoms with E-state index in [9.17, 15) is 62.3 Å². The van der Waals surface area contributed by atoms with E-state index in [4.69, 9.17) is 70.4 Å². The number of aromatic carboxylic acids is 10. The number of rotatable bonds is 12. The maximum atomic E-state index is 10.4. The fourth-order valence-electron chi connectivity index (χ4n) is 6.20. The Kier molecular flexibility index (Phi) is 40.5. The number of hydrogen-bond acceptors (Lipinski definition) is 29. The van der Waals surface area contributed by atoms with Gasteiger partial charge in [0.1, 0.15) is 35.1 Å². The van der Waals surface area contributed by atoms with E-state index in [1.165, 1.54) is 126 Å². The van der Waals surface area contributed by atoms with E-state index in [0.29, 0.717) is 48.7 Å². The predicted octanol–water partition coefficient (Wildman–Crippen LogP) is 7.27. The first-order valence-corrected chi connectivity index (χ1v) is 30.0. The summed E-state index contributed by atoms with van der Waals surface area (Å²) in [5, 5.41) is 120. The topological polar surface area (TPSA) is 660 Å². The van der Waals surface area contributed by atoms with Crippen molar-refractivity contribution in [1.82, 2.24) is 49.9 Å². The van der Waals surface area contributed by atoms with Crippen LogP contribution in [-0.4, -0.2) is 202 Å². The highest BCUT2D eigenvalue weighted by Crippen LogP contribution is 2.14. The van der Waals surface area contributed by atoms with Gasteiger partial charge in [-0.1, -0.05) is 14.8 Å². The van der Waals surface area contributed by atoms with Gasteiger partial charge in [-0.3, -0.25) is 19.4 Å². The van der Waals surface area contributed by atoms with Crippen molar-refractivity contribution in [2.24, 2.45) is 7.05 Å². The molecule has 2 aliphatic heterocycles. The molecule has 554 valence electrons. The van der Waals surface area contributed by atoms with Crippen LogP contribution in [-0.2, 0) is 26.2 Å². The van der Waals surface area contributed by atoms with Gasteiger partial charge in [-0.2, -0.15) is 16.4 Å². The Balaban J connectivity index is 0.000000568. The number of nitrogens with zero attached hydrogens (tertiary/aromatic N) is 9. The number of carbonyl (C=O) groups excluding carboxylic acids is 1. The molecule has 0 saturated carbocycles. The Morgan fingerprint density at radius 2 is 1.21 bits per heavy atom. The molecule has 10 aromatic heterocycles. The van der Waals surface area contributed by atoms with Gasteiger partial charge in [-0.05, 0) is 112 Å². The molecule has 0 spiro atoms. The van der Waals surface area contributed by atoms with Gasteiger partial charge in [0.05, 0.1) is 41.6 Å². The Labute approximate surface area is 590 Å². The van der Waals surface area contributed by atoms with Crippen LogP contribution in [0.1, 0.15) is 153 Å². The summed E-state index contributed by atoms with van der Waals surface area (Å²) < 4.78 is 32.4. The van der Waals surface area contributed by atoms with Gasteiger partial charge in [-0.15, -0.1) is 5.10 Å². The smallest absolute Gasteiger partial charge is 0.374 e. The summed E-state index contributed by atoms with van der Waals surface area (Å²) in [6.07, 6.45) is 13.7. The van der Waals surface area contributed by atoms with Crippen LogP contribution in [0.5, 0.6) is 0 Å². The lowest BCUT2D eigenvalue weighted by molar-refractivity contribution is -0.147. The average molecular weight is 1500 g/mol. The van der Waals surface area contributed by atoms with Gasteiger partial charge in [0, 0.05) is 73.4 Å². The maximum Gasteiger partial charge on any atom is 0.374 e. The first-order chi connectivity index (χ1) is 49.1. The molecule has 2 saturated heterocycles. The first-order valence-electron chi connectivity index (χ1n) is 28.2.